The average molecular weight is 464 g/mol. The van der Waals surface area contributed by atoms with Gasteiger partial charge in [0.1, 0.15) is 0 Å². The van der Waals surface area contributed by atoms with E-state index >= 15 is 0 Å². The fourth-order valence-corrected chi connectivity index (χ4v) is 5.26. The molecule has 35 heavy (non-hydrogen) atoms. The minimum absolute atomic E-state index is 0.0787. The number of nitrogens with one attached hydrogen (secondary N) is 1. The first-order valence-corrected chi connectivity index (χ1v) is 12.2. The summed E-state index contributed by atoms with van der Waals surface area (Å²) in [5.74, 6) is 0.975. The average Bonchev–Trinajstić information content (AvgIpc) is 3.60. The zero-order chi connectivity index (χ0) is 23.9. The lowest BCUT2D eigenvalue weighted by atomic mass is 10.2. The van der Waals surface area contributed by atoms with Gasteiger partial charge in [-0.1, -0.05) is 48.5 Å². The quantitative estimate of drug-likeness (QED) is 0.412. The largest absolute Gasteiger partial charge is 0.337 e. The summed E-state index contributed by atoms with van der Waals surface area (Å²) in [6.07, 6.45) is 0.990. The van der Waals surface area contributed by atoms with Crippen molar-refractivity contribution >= 4 is 27.8 Å². The summed E-state index contributed by atoms with van der Waals surface area (Å²) in [6.45, 7) is 2.30. The third-order valence-corrected chi connectivity index (χ3v) is 7.23. The Bertz CT molecular complexity index is 1530. The lowest BCUT2D eigenvalue weighted by molar-refractivity contribution is 0.0790. The molecule has 2 aromatic heterocycles. The van der Waals surface area contributed by atoms with Crippen LogP contribution in [0.3, 0.4) is 0 Å². The highest BCUT2D eigenvalue weighted by Crippen LogP contribution is 2.31. The van der Waals surface area contributed by atoms with Crippen LogP contribution < -0.4 is 5.32 Å². The maximum atomic E-state index is 13.1. The summed E-state index contributed by atoms with van der Waals surface area (Å²) in [7, 11) is 4.01. The van der Waals surface area contributed by atoms with Crippen LogP contribution in [0.4, 0.5) is 0 Å². The number of carbonyl (C=O) groups is 1. The molecule has 6 heteroatoms. The first-order valence-electron chi connectivity index (χ1n) is 12.2. The number of imidazole rings is 1. The Kier molecular flexibility index (Phi) is 5.38. The predicted octanol–water partition coefficient (Wildman–Crippen LogP) is 4.68. The van der Waals surface area contributed by atoms with Crippen LogP contribution in [0.1, 0.15) is 22.3 Å². The first kappa shape index (κ1) is 21.6. The second-order valence-corrected chi connectivity index (χ2v) is 9.38. The van der Waals surface area contributed by atoms with Gasteiger partial charge in [0.2, 0.25) is 0 Å². The summed E-state index contributed by atoms with van der Waals surface area (Å²) < 4.78 is 4.46. The van der Waals surface area contributed by atoms with Crippen molar-refractivity contribution in [2.45, 2.75) is 19.0 Å². The summed E-state index contributed by atoms with van der Waals surface area (Å²) in [5, 5.41) is 4.47. The number of likely N-dealkylation sites (N-methyl/N-ethyl adjacent to an activating group) is 1. The fourth-order valence-electron chi connectivity index (χ4n) is 5.26. The van der Waals surface area contributed by atoms with Gasteiger partial charge in [0.15, 0.2) is 5.82 Å². The molecule has 3 heterocycles. The van der Waals surface area contributed by atoms with E-state index in [0.717, 1.165) is 48.6 Å². The summed E-state index contributed by atoms with van der Waals surface area (Å²) in [5.41, 5.74) is 6.05. The molecule has 1 N–H and O–H groups in total. The second-order valence-electron chi connectivity index (χ2n) is 9.38. The molecule has 0 spiro atoms. The second kappa shape index (κ2) is 8.71. The van der Waals surface area contributed by atoms with Crippen molar-refractivity contribution in [3.05, 3.63) is 90.0 Å². The molecule has 0 radical (unpaired) electrons. The van der Waals surface area contributed by atoms with E-state index in [1.54, 1.807) is 0 Å². The lowest BCUT2D eigenvalue weighted by Crippen LogP contribution is -2.33. The van der Waals surface area contributed by atoms with Gasteiger partial charge in [-0.05, 0) is 49.4 Å². The molecule has 1 unspecified atom stereocenters. The lowest BCUT2D eigenvalue weighted by Gasteiger charge is -2.16. The number of nitrogens with zero attached hydrogens (tertiary/aromatic N) is 4. The molecule has 1 fully saturated rings. The molecule has 0 aliphatic carbocycles. The molecule has 0 saturated carbocycles. The van der Waals surface area contributed by atoms with Gasteiger partial charge in [-0.25, -0.2) is 4.98 Å². The molecule has 1 saturated heterocycles. The smallest absolute Gasteiger partial charge is 0.253 e. The van der Waals surface area contributed by atoms with Gasteiger partial charge in [0, 0.05) is 49.2 Å². The summed E-state index contributed by atoms with van der Waals surface area (Å²) in [4.78, 5) is 20.1. The molecule has 1 aliphatic rings. The molecule has 6 rings (SSSR count). The first-order chi connectivity index (χ1) is 17.1. The van der Waals surface area contributed by atoms with Gasteiger partial charge in [-0.15, -0.1) is 0 Å². The minimum Gasteiger partial charge on any atom is -0.337 e. The van der Waals surface area contributed by atoms with Crippen molar-refractivity contribution in [1.29, 1.82) is 0 Å². The minimum atomic E-state index is 0.0787. The number of hydrogen-bond acceptors (Lipinski definition) is 3. The zero-order valence-corrected chi connectivity index (χ0v) is 20.1. The van der Waals surface area contributed by atoms with Crippen molar-refractivity contribution in [3.8, 4) is 11.5 Å². The van der Waals surface area contributed by atoms with Crippen LogP contribution in [0.2, 0.25) is 0 Å². The molecule has 6 nitrogen and oxygen atoms in total. The van der Waals surface area contributed by atoms with E-state index in [-0.39, 0.29) is 5.91 Å². The van der Waals surface area contributed by atoms with E-state index in [2.05, 4.69) is 76.1 Å². The Hall–Kier alpha value is -3.90. The van der Waals surface area contributed by atoms with Crippen LogP contribution >= 0.6 is 0 Å². The summed E-state index contributed by atoms with van der Waals surface area (Å²) in [6, 6.07) is 27.5. The number of para-hydroxylation sites is 1. The normalized spacial score (nSPS) is 15.9. The van der Waals surface area contributed by atoms with Gasteiger partial charge >= 0.3 is 0 Å². The van der Waals surface area contributed by atoms with Gasteiger partial charge in [0.25, 0.3) is 5.91 Å². The van der Waals surface area contributed by atoms with Crippen LogP contribution in [0.25, 0.3) is 33.5 Å². The Balaban J connectivity index is 1.42. The molecule has 1 aliphatic heterocycles. The molecule has 3 aromatic carbocycles. The Labute approximate surface area is 204 Å². The standard InChI is InChI=1S/C29H29N5O/c1-30-23-14-15-33(19-23)29(35)22-12-13-26-24(16-22)31-28(32(26)2)27-17-21-10-6-7-11-25(21)34(27)18-20-8-4-3-5-9-20/h3-13,16-17,23,30H,14-15,18-19H2,1-2H3. The molecule has 0 bridgehead atoms. The van der Waals surface area contributed by atoms with E-state index in [4.69, 9.17) is 4.98 Å². The number of benzene rings is 3. The molecule has 1 atom stereocenters. The number of likely N-dealkylation sites (tertiary alicyclic amines) is 1. The molecule has 176 valence electrons. The predicted molar refractivity (Wildman–Crippen MR) is 141 cm³/mol. The maximum absolute atomic E-state index is 13.1. The van der Waals surface area contributed by atoms with Gasteiger partial charge in [-0.3, -0.25) is 4.79 Å². The van der Waals surface area contributed by atoms with E-state index in [9.17, 15) is 4.79 Å². The van der Waals surface area contributed by atoms with Crippen LogP contribution in [-0.2, 0) is 13.6 Å². The Morgan fingerprint density at radius 1 is 1.00 bits per heavy atom. The van der Waals surface area contributed by atoms with Crippen molar-refractivity contribution < 1.29 is 4.79 Å². The van der Waals surface area contributed by atoms with Crippen LogP contribution in [-0.4, -0.2) is 51.1 Å². The van der Waals surface area contributed by atoms with Gasteiger partial charge < -0.3 is 19.4 Å². The highest BCUT2D eigenvalue weighted by atomic mass is 16.2. The number of rotatable bonds is 5. The molecular weight excluding hydrogens is 434 g/mol. The fraction of sp³-hybridized carbons (Fsp3) is 0.241. The van der Waals surface area contributed by atoms with E-state index in [1.807, 2.05) is 36.2 Å². The maximum Gasteiger partial charge on any atom is 0.253 e. The van der Waals surface area contributed by atoms with Crippen molar-refractivity contribution in [2.24, 2.45) is 7.05 Å². The Morgan fingerprint density at radius 2 is 1.80 bits per heavy atom. The molecule has 1 amide bonds. The highest BCUT2D eigenvalue weighted by Gasteiger charge is 2.26. The van der Waals surface area contributed by atoms with Crippen LogP contribution in [0.15, 0.2) is 78.9 Å². The van der Waals surface area contributed by atoms with E-state index in [1.165, 1.54) is 16.5 Å². The number of aryl methyl sites for hydroxylation is 1. The van der Waals surface area contributed by atoms with Crippen LogP contribution in [0.5, 0.6) is 0 Å². The summed E-state index contributed by atoms with van der Waals surface area (Å²) >= 11 is 0. The number of hydrogen-bond donors (Lipinski definition) is 1. The van der Waals surface area contributed by atoms with Gasteiger partial charge in [0.05, 0.1) is 16.7 Å². The zero-order valence-electron chi connectivity index (χ0n) is 20.1. The number of amides is 1. The van der Waals surface area contributed by atoms with Crippen molar-refractivity contribution in [3.63, 3.8) is 0 Å². The van der Waals surface area contributed by atoms with Crippen LogP contribution in [0, 0.1) is 0 Å². The van der Waals surface area contributed by atoms with E-state index in [0.29, 0.717) is 11.6 Å². The number of carbonyl (C=O) groups excluding carboxylic acids is 1. The van der Waals surface area contributed by atoms with Gasteiger partial charge in [-0.2, -0.15) is 0 Å². The number of aromatic nitrogens is 3. The monoisotopic (exact) mass is 463 g/mol. The van der Waals surface area contributed by atoms with Crippen molar-refractivity contribution in [1.82, 2.24) is 24.3 Å². The SMILES string of the molecule is CNC1CCN(C(=O)c2ccc3c(c2)nc(-c2cc4ccccc4n2Cc2ccccc2)n3C)C1. The third kappa shape index (κ3) is 3.80. The van der Waals surface area contributed by atoms with Crippen molar-refractivity contribution in [2.75, 3.05) is 20.1 Å². The third-order valence-electron chi connectivity index (χ3n) is 7.23. The number of fused-ring (bicyclic) bond motifs is 2. The highest BCUT2D eigenvalue weighted by molar-refractivity contribution is 5.98. The topological polar surface area (TPSA) is 55.1 Å². The van der Waals surface area contributed by atoms with E-state index < -0.39 is 0 Å². The molecule has 5 aromatic rings. The molecular formula is C29H29N5O. The Morgan fingerprint density at radius 3 is 2.60 bits per heavy atom.